The van der Waals surface area contributed by atoms with Crippen molar-refractivity contribution in [1.82, 2.24) is 4.90 Å². The predicted octanol–water partition coefficient (Wildman–Crippen LogP) is 3.34. The van der Waals surface area contributed by atoms with Crippen LogP contribution in [0.4, 0.5) is 0 Å². The number of carbonyl (C=O) groups excluding carboxylic acids is 1. The zero-order chi connectivity index (χ0) is 14.3. The van der Waals surface area contributed by atoms with Gasteiger partial charge in [0.05, 0.1) is 12.2 Å². The van der Waals surface area contributed by atoms with E-state index in [0.717, 1.165) is 5.39 Å². The lowest BCUT2D eigenvalue weighted by Crippen LogP contribution is -2.48. The number of benzene rings is 1. The number of carbonyl (C=O) groups is 1. The average Bonchev–Trinajstić information content (AvgIpc) is 2.79. The van der Waals surface area contributed by atoms with Crippen molar-refractivity contribution >= 4 is 28.5 Å². The van der Waals surface area contributed by atoms with Gasteiger partial charge in [-0.25, -0.2) is 0 Å². The topological polar surface area (TPSA) is 42.7 Å². The molecule has 1 aromatic heterocycles. The molecule has 3 rings (SSSR count). The van der Waals surface area contributed by atoms with Gasteiger partial charge in [-0.1, -0.05) is 11.6 Å². The van der Waals surface area contributed by atoms with Crippen LogP contribution < -0.4 is 0 Å². The van der Waals surface area contributed by atoms with Crippen LogP contribution in [0.1, 0.15) is 24.4 Å². The van der Waals surface area contributed by atoms with Crippen LogP contribution >= 0.6 is 11.6 Å². The third-order valence-electron chi connectivity index (χ3n) is 3.40. The highest BCUT2D eigenvalue weighted by molar-refractivity contribution is 6.31. The van der Waals surface area contributed by atoms with Crippen LogP contribution in [0.5, 0.6) is 0 Å². The van der Waals surface area contributed by atoms with Gasteiger partial charge in [0.2, 0.25) is 0 Å². The second kappa shape index (κ2) is 5.11. The van der Waals surface area contributed by atoms with Crippen molar-refractivity contribution in [1.29, 1.82) is 0 Å². The number of fused-ring (bicyclic) bond motifs is 1. The van der Waals surface area contributed by atoms with Gasteiger partial charge in [0.1, 0.15) is 5.58 Å². The standard InChI is InChI=1S/C15H16ClNO3/c1-9-7-17(8-10(2)19-9)15(18)14-6-11-5-12(16)3-4-13(11)20-14/h3-6,9-10H,7-8H2,1-2H3/t9-,10-/m0/s1. The maximum Gasteiger partial charge on any atom is 0.289 e. The number of furan rings is 1. The highest BCUT2D eigenvalue weighted by Crippen LogP contribution is 2.24. The Morgan fingerprint density at radius 1 is 1.25 bits per heavy atom. The molecule has 0 bridgehead atoms. The van der Waals surface area contributed by atoms with Crippen molar-refractivity contribution < 1.29 is 13.9 Å². The summed E-state index contributed by atoms with van der Waals surface area (Å²) in [6.07, 6.45) is 0.0862. The molecule has 2 aromatic rings. The summed E-state index contributed by atoms with van der Waals surface area (Å²) in [4.78, 5) is 14.3. The molecule has 1 aliphatic rings. The average molecular weight is 294 g/mol. The first-order valence-corrected chi connectivity index (χ1v) is 7.04. The zero-order valence-corrected chi connectivity index (χ0v) is 12.2. The molecule has 1 aromatic carbocycles. The maximum absolute atomic E-state index is 12.5. The quantitative estimate of drug-likeness (QED) is 0.810. The van der Waals surface area contributed by atoms with E-state index in [0.29, 0.717) is 29.5 Å². The second-order valence-electron chi connectivity index (χ2n) is 5.26. The van der Waals surface area contributed by atoms with Crippen LogP contribution in [0.3, 0.4) is 0 Å². The Morgan fingerprint density at radius 2 is 1.95 bits per heavy atom. The lowest BCUT2D eigenvalue weighted by Gasteiger charge is -2.34. The third-order valence-corrected chi connectivity index (χ3v) is 3.63. The number of hydrogen-bond donors (Lipinski definition) is 0. The van der Waals surface area contributed by atoms with Crippen LogP contribution in [0.15, 0.2) is 28.7 Å². The fourth-order valence-corrected chi connectivity index (χ4v) is 2.80. The molecule has 0 radical (unpaired) electrons. The Hall–Kier alpha value is -1.52. The lowest BCUT2D eigenvalue weighted by atomic mass is 10.2. The number of ether oxygens (including phenoxy) is 1. The third kappa shape index (κ3) is 2.53. The Morgan fingerprint density at radius 3 is 2.65 bits per heavy atom. The van der Waals surface area contributed by atoms with Gasteiger partial charge in [-0.3, -0.25) is 4.79 Å². The van der Waals surface area contributed by atoms with Gasteiger partial charge < -0.3 is 14.1 Å². The molecule has 0 N–H and O–H groups in total. The zero-order valence-electron chi connectivity index (χ0n) is 11.4. The van der Waals surface area contributed by atoms with Crippen LogP contribution in [0, 0.1) is 0 Å². The molecule has 106 valence electrons. The Kier molecular flexibility index (Phi) is 3.44. The first kappa shape index (κ1) is 13.5. The van der Waals surface area contributed by atoms with Gasteiger partial charge >= 0.3 is 0 Å². The van der Waals surface area contributed by atoms with E-state index in [2.05, 4.69) is 0 Å². The van der Waals surface area contributed by atoms with Crippen molar-refractivity contribution in [3.05, 3.63) is 35.0 Å². The minimum absolute atomic E-state index is 0.0431. The predicted molar refractivity (Wildman–Crippen MR) is 77.1 cm³/mol. The highest BCUT2D eigenvalue weighted by atomic mass is 35.5. The lowest BCUT2D eigenvalue weighted by molar-refractivity contribution is -0.0591. The summed E-state index contributed by atoms with van der Waals surface area (Å²) in [5.41, 5.74) is 0.673. The van der Waals surface area contributed by atoms with Crippen LogP contribution in [-0.2, 0) is 4.74 Å². The molecule has 1 amide bonds. The summed E-state index contributed by atoms with van der Waals surface area (Å²) in [6.45, 7) is 5.10. The molecule has 2 atom stereocenters. The van der Waals surface area contributed by atoms with Crippen molar-refractivity contribution in [2.45, 2.75) is 26.1 Å². The molecule has 5 heteroatoms. The van der Waals surface area contributed by atoms with Crippen LogP contribution in [-0.4, -0.2) is 36.1 Å². The van der Waals surface area contributed by atoms with E-state index in [-0.39, 0.29) is 18.1 Å². The molecule has 0 aliphatic carbocycles. The molecular formula is C15H16ClNO3. The number of rotatable bonds is 1. The first-order chi connectivity index (χ1) is 9.52. The number of amides is 1. The van der Waals surface area contributed by atoms with E-state index in [9.17, 15) is 4.79 Å². The second-order valence-corrected chi connectivity index (χ2v) is 5.70. The minimum atomic E-state index is -0.0978. The van der Waals surface area contributed by atoms with Gasteiger partial charge in [0.15, 0.2) is 5.76 Å². The number of morpholine rings is 1. The molecule has 1 fully saturated rings. The van der Waals surface area contributed by atoms with Gasteiger partial charge in [0.25, 0.3) is 5.91 Å². The fourth-order valence-electron chi connectivity index (χ4n) is 2.62. The number of nitrogens with zero attached hydrogens (tertiary/aromatic N) is 1. The number of hydrogen-bond acceptors (Lipinski definition) is 3. The summed E-state index contributed by atoms with van der Waals surface area (Å²) >= 11 is 5.94. The molecule has 2 heterocycles. The molecule has 1 aliphatic heterocycles. The van der Waals surface area contributed by atoms with E-state index in [4.69, 9.17) is 20.8 Å². The van der Waals surface area contributed by atoms with E-state index < -0.39 is 0 Å². The summed E-state index contributed by atoms with van der Waals surface area (Å²) in [7, 11) is 0. The van der Waals surface area contributed by atoms with E-state index in [1.54, 1.807) is 29.2 Å². The first-order valence-electron chi connectivity index (χ1n) is 6.67. The molecular weight excluding hydrogens is 278 g/mol. The van der Waals surface area contributed by atoms with Crippen LogP contribution in [0.2, 0.25) is 5.02 Å². The Balaban J connectivity index is 1.88. The summed E-state index contributed by atoms with van der Waals surface area (Å²) in [6, 6.07) is 7.07. The molecule has 20 heavy (non-hydrogen) atoms. The van der Waals surface area contributed by atoms with E-state index in [1.807, 2.05) is 13.8 Å². The molecule has 4 nitrogen and oxygen atoms in total. The van der Waals surface area contributed by atoms with Crippen molar-refractivity contribution in [3.8, 4) is 0 Å². The van der Waals surface area contributed by atoms with Crippen LogP contribution in [0.25, 0.3) is 11.0 Å². The summed E-state index contributed by atoms with van der Waals surface area (Å²) < 4.78 is 11.3. The van der Waals surface area contributed by atoms with Gasteiger partial charge in [-0.05, 0) is 38.1 Å². The normalized spacial score (nSPS) is 23.2. The SMILES string of the molecule is C[C@H]1CN(C(=O)c2cc3cc(Cl)ccc3o2)C[C@H](C)O1. The summed E-state index contributed by atoms with van der Waals surface area (Å²) in [5.74, 6) is 0.253. The molecule has 0 unspecified atom stereocenters. The van der Waals surface area contributed by atoms with Crippen molar-refractivity contribution in [2.24, 2.45) is 0 Å². The molecule has 0 spiro atoms. The minimum Gasteiger partial charge on any atom is -0.451 e. The number of halogens is 1. The van der Waals surface area contributed by atoms with Crippen molar-refractivity contribution in [3.63, 3.8) is 0 Å². The largest absolute Gasteiger partial charge is 0.451 e. The monoisotopic (exact) mass is 293 g/mol. The molecule has 0 saturated carbocycles. The van der Waals surface area contributed by atoms with Gasteiger partial charge in [-0.2, -0.15) is 0 Å². The Bertz CT molecular complexity index is 642. The fraction of sp³-hybridized carbons (Fsp3) is 0.400. The highest BCUT2D eigenvalue weighted by Gasteiger charge is 2.28. The van der Waals surface area contributed by atoms with Gasteiger partial charge in [0, 0.05) is 23.5 Å². The molecule has 1 saturated heterocycles. The van der Waals surface area contributed by atoms with Crippen molar-refractivity contribution in [2.75, 3.05) is 13.1 Å². The van der Waals surface area contributed by atoms with E-state index >= 15 is 0 Å². The summed E-state index contributed by atoms with van der Waals surface area (Å²) in [5, 5.41) is 1.47. The maximum atomic E-state index is 12.5. The van der Waals surface area contributed by atoms with Gasteiger partial charge in [-0.15, -0.1) is 0 Å². The smallest absolute Gasteiger partial charge is 0.289 e. The van der Waals surface area contributed by atoms with E-state index in [1.165, 1.54) is 0 Å². The Labute approximate surface area is 122 Å².